The van der Waals surface area contributed by atoms with E-state index in [0.29, 0.717) is 0 Å². The molecule has 4 heterocycles. The van der Waals surface area contributed by atoms with Gasteiger partial charge < -0.3 is 20.3 Å². The molecule has 0 amide bonds. The molecule has 1 aliphatic rings. The van der Waals surface area contributed by atoms with E-state index in [2.05, 4.69) is 20.4 Å². The van der Waals surface area contributed by atoms with Crippen molar-refractivity contribution in [3.8, 4) is 17.1 Å². The van der Waals surface area contributed by atoms with Gasteiger partial charge in [0, 0.05) is 42.2 Å². The highest BCUT2D eigenvalue weighted by Crippen LogP contribution is 2.36. The molecule has 5 rings (SSSR count). The van der Waals surface area contributed by atoms with Crippen LogP contribution < -0.4 is 10.1 Å². The second-order valence-corrected chi connectivity index (χ2v) is 9.62. The maximum Gasteiger partial charge on any atom is 0.250 e. The summed E-state index contributed by atoms with van der Waals surface area (Å²) in [6.07, 6.45) is 8.74. The Balaban J connectivity index is 1.39. The van der Waals surface area contributed by atoms with Gasteiger partial charge in [0.1, 0.15) is 17.6 Å². The smallest absolute Gasteiger partial charge is 0.250 e. The number of halogens is 2. The van der Waals surface area contributed by atoms with Crippen LogP contribution in [-0.2, 0) is 6.54 Å². The van der Waals surface area contributed by atoms with Crippen LogP contribution >= 0.6 is 11.6 Å². The first-order chi connectivity index (χ1) is 17.9. The summed E-state index contributed by atoms with van der Waals surface area (Å²) in [4.78, 5) is 8.53. The molecular formula is C25H29ClFN7O3. The molecular weight excluding hydrogens is 501 g/mol. The molecule has 196 valence electrons. The normalized spacial score (nSPS) is 18.7. The summed E-state index contributed by atoms with van der Waals surface area (Å²) in [7, 11) is 0. The number of hydrogen-bond donors (Lipinski definition) is 3. The molecule has 3 N–H and O–H groups in total. The van der Waals surface area contributed by atoms with E-state index in [1.807, 2.05) is 30.1 Å². The molecule has 4 aromatic rings. The highest BCUT2D eigenvalue weighted by Gasteiger charge is 2.28. The largest absolute Gasteiger partial charge is 0.472 e. The number of aliphatic hydroxyl groups is 2. The summed E-state index contributed by atoms with van der Waals surface area (Å²) >= 11 is 5.80. The molecule has 4 aromatic heterocycles. The number of nitrogens with one attached hydrogen (secondary N) is 1. The van der Waals surface area contributed by atoms with E-state index in [4.69, 9.17) is 26.5 Å². The van der Waals surface area contributed by atoms with Crippen LogP contribution in [0.15, 0.2) is 36.9 Å². The molecule has 0 saturated heterocycles. The Labute approximate surface area is 218 Å². The fraction of sp³-hybridized carbons (Fsp3) is 0.440. The Kier molecular flexibility index (Phi) is 7.54. The first-order valence-corrected chi connectivity index (χ1v) is 12.7. The highest BCUT2D eigenvalue weighted by molar-refractivity contribution is 6.30. The van der Waals surface area contributed by atoms with E-state index in [-0.39, 0.29) is 36.2 Å². The van der Waals surface area contributed by atoms with Crippen molar-refractivity contribution in [3.63, 3.8) is 0 Å². The quantitative estimate of drug-likeness (QED) is 0.299. The minimum absolute atomic E-state index is 0.0237. The molecule has 0 bridgehead atoms. The first-order valence-electron chi connectivity index (χ1n) is 12.4. The molecule has 0 spiro atoms. The number of nitrogens with zero attached hydrogens (tertiary/aromatic N) is 6. The van der Waals surface area contributed by atoms with Crippen LogP contribution in [0.4, 0.5) is 10.2 Å². The number of pyridine rings is 2. The molecule has 1 saturated carbocycles. The summed E-state index contributed by atoms with van der Waals surface area (Å²) in [6.45, 7) is 2.61. The SMILES string of the molecule is CCNc1cc2c(cn1)c(-c1cnn(C[C@@H](O)CO)c1)nn2[C@H]1CC[C@@H](Oc2ncc(Cl)cc2F)CC1. The van der Waals surface area contributed by atoms with E-state index in [1.165, 1.54) is 12.3 Å². The van der Waals surface area contributed by atoms with Crippen molar-refractivity contribution in [1.82, 2.24) is 29.5 Å². The van der Waals surface area contributed by atoms with Gasteiger partial charge in [-0.15, -0.1) is 0 Å². The average molecular weight is 530 g/mol. The number of aromatic nitrogens is 6. The monoisotopic (exact) mass is 529 g/mol. The van der Waals surface area contributed by atoms with Crippen molar-refractivity contribution in [2.24, 2.45) is 0 Å². The Morgan fingerprint density at radius 1 is 1.19 bits per heavy atom. The molecule has 10 nitrogen and oxygen atoms in total. The lowest BCUT2D eigenvalue weighted by Crippen LogP contribution is -2.26. The van der Waals surface area contributed by atoms with E-state index < -0.39 is 11.9 Å². The Morgan fingerprint density at radius 3 is 2.73 bits per heavy atom. The fourth-order valence-electron chi connectivity index (χ4n) is 4.72. The third-order valence-electron chi connectivity index (χ3n) is 6.51. The fourth-order valence-corrected chi connectivity index (χ4v) is 4.86. The maximum absolute atomic E-state index is 14.1. The zero-order valence-corrected chi connectivity index (χ0v) is 21.1. The van der Waals surface area contributed by atoms with Gasteiger partial charge in [0.2, 0.25) is 0 Å². The van der Waals surface area contributed by atoms with Gasteiger partial charge >= 0.3 is 0 Å². The standard InChI is InChI=1S/C25H29ClFN7O3/c1-2-28-23-8-22-20(11-29-23)24(15-9-31-33(12-15)13-18(36)14-35)32-34(22)17-3-5-19(6-4-17)37-25-21(27)7-16(26)10-30-25/h7-12,17-19,35-36H,2-6,13-14H2,1H3,(H,28,29)/t17-,18-,19+/m1/s1. The predicted octanol–water partition coefficient (Wildman–Crippen LogP) is 3.83. The van der Waals surface area contributed by atoms with Crippen LogP contribution in [-0.4, -0.2) is 65.1 Å². The summed E-state index contributed by atoms with van der Waals surface area (Å²) in [5.41, 5.74) is 2.51. The van der Waals surface area contributed by atoms with Crippen molar-refractivity contribution in [2.45, 2.75) is 57.4 Å². The number of anilines is 1. The molecule has 1 aliphatic carbocycles. The van der Waals surface area contributed by atoms with Gasteiger partial charge in [-0.05, 0) is 38.7 Å². The van der Waals surface area contributed by atoms with Crippen molar-refractivity contribution in [1.29, 1.82) is 0 Å². The Bertz CT molecular complexity index is 1370. The van der Waals surface area contributed by atoms with E-state index in [0.717, 1.165) is 60.2 Å². The van der Waals surface area contributed by atoms with E-state index >= 15 is 0 Å². The lowest BCUT2D eigenvalue weighted by Gasteiger charge is -2.29. The van der Waals surface area contributed by atoms with Gasteiger partial charge in [-0.2, -0.15) is 10.2 Å². The van der Waals surface area contributed by atoms with Crippen LogP contribution in [0.3, 0.4) is 0 Å². The number of ether oxygens (including phenoxy) is 1. The number of hydrogen-bond acceptors (Lipinski definition) is 8. The predicted molar refractivity (Wildman–Crippen MR) is 137 cm³/mol. The van der Waals surface area contributed by atoms with Gasteiger partial charge in [0.25, 0.3) is 5.88 Å². The average Bonchev–Trinajstić information content (AvgIpc) is 3.50. The van der Waals surface area contributed by atoms with Crippen molar-refractivity contribution >= 4 is 28.3 Å². The van der Waals surface area contributed by atoms with Crippen LogP contribution in [0.2, 0.25) is 5.02 Å². The van der Waals surface area contributed by atoms with Gasteiger partial charge in [0.15, 0.2) is 5.82 Å². The lowest BCUT2D eigenvalue weighted by molar-refractivity contribution is 0.0783. The Hall–Kier alpha value is -3.28. The molecule has 37 heavy (non-hydrogen) atoms. The lowest BCUT2D eigenvalue weighted by atomic mass is 9.93. The van der Waals surface area contributed by atoms with E-state index in [1.54, 1.807) is 10.9 Å². The van der Waals surface area contributed by atoms with Crippen molar-refractivity contribution in [2.75, 3.05) is 18.5 Å². The summed E-state index contributed by atoms with van der Waals surface area (Å²) in [5, 5.41) is 32.6. The van der Waals surface area contributed by atoms with Crippen molar-refractivity contribution in [3.05, 3.63) is 47.8 Å². The van der Waals surface area contributed by atoms with Gasteiger partial charge in [-0.25, -0.2) is 14.4 Å². The minimum Gasteiger partial charge on any atom is -0.472 e. The van der Waals surface area contributed by atoms with Gasteiger partial charge in [-0.1, -0.05) is 11.6 Å². The number of aliphatic hydroxyl groups excluding tert-OH is 2. The summed E-state index contributed by atoms with van der Waals surface area (Å²) in [6, 6.07) is 3.34. The zero-order valence-electron chi connectivity index (χ0n) is 20.4. The second kappa shape index (κ2) is 11.0. The van der Waals surface area contributed by atoms with E-state index in [9.17, 15) is 9.50 Å². The Morgan fingerprint density at radius 2 is 2.00 bits per heavy atom. The maximum atomic E-state index is 14.1. The highest BCUT2D eigenvalue weighted by atomic mass is 35.5. The molecule has 1 atom stereocenters. The third kappa shape index (κ3) is 5.53. The van der Waals surface area contributed by atoms with Crippen LogP contribution in [0.5, 0.6) is 5.88 Å². The first kappa shape index (κ1) is 25.4. The number of fused-ring (bicyclic) bond motifs is 1. The number of rotatable bonds is 9. The van der Waals surface area contributed by atoms with Crippen LogP contribution in [0, 0.1) is 5.82 Å². The molecule has 0 aromatic carbocycles. The van der Waals surface area contributed by atoms with Crippen LogP contribution in [0.25, 0.3) is 22.2 Å². The third-order valence-corrected chi connectivity index (χ3v) is 6.71. The molecule has 0 aliphatic heterocycles. The van der Waals surface area contributed by atoms with Gasteiger partial charge in [0.05, 0.1) is 42.0 Å². The summed E-state index contributed by atoms with van der Waals surface area (Å²) in [5.74, 6) is 0.183. The van der Waals surface area contributed by atoms with Gasteiger partial charge in [-0.3, -0.25) is 9.36 Å². The molecule has 1 fully saturated rings. The molecule has 0 unspecified atom stereocenters. The second-order valence-electron chi connectivity index (χ2n) is 9.19. The van der Waals surface area contributed by atoms with Crippen LogP contribution in [0.1, 0.15) is 38.6 Å². The summed E-state index contributed by atoms with van der Waals surface area (Å²) < 4.78 is 23.6. The molecule has 0 radical (unpaired) electrons. The zero-order chi connectivity index (χ0) is 25.9. The topological polar surface area (TPSA) is 123 Å². The van der Waals surface area contributed by atoms with Crippen molar-refractivity contribution < 1.29 is 19.3 Å². The minimum atomic E-state index is -0.889. The molecule has 12 heteroatoms.